The van der Waals surface area contributed by atoms with Crippen molar-refractivity contribution in [1.29, 1.82) is 0 Å². The lowest BCUT2D eigenvalue weighted by molar-refractivity contribution is 0.606. The van der Waals surface area contributed by atoms with Crippen LogP contribution in [0.3, 0.4) is 0 Å². The fourth-order valence-corrected chi connectivity index (χ4v) is 1.67. The smallest absolute Gasteiger partial charge is 0.186 e. The first-order valence-electron chi connectivity index (χ1n) is 5.83. The molecule has 1 N–H and O–H groups in total. The summed E-state index contributed by atoms with van der Waals surface area (Å²) >= 11 is 0. The molecule has 0 aliphatic rings. The average Bonchev–Trinajstić information content (AvgIpc) is 2.35. The van der Waals surface area contributed by atoms with Gasteiger partial charge in [0, 0.05) is 12.7 Å². The van der Waals surface area contributed by atoms with Crippen LogP contribution < -0.4 is 5.32 Å². The lowest BCUT2D eigenvalue weighted by atomic mass is 10.2. The zero-order valence-corrected chi connectivity index (χ0v) is 10.7. The van der Waals surface area contributed by atoms with Crippen molar-refractivity contribution in [1.82, 2.24) is 15.0 Å². The SMILES string of the molecule is CCNc1nc(-c2ncccc2C)nc(C)c1F. The Morgan fingerprint density at radius 2 is 2.06 bits per heavy atom. The predicted molar refractivity (Wildman–Crippen MR) is 68.9 cm³/mol. The number of aryl methyl sites for hydroxylation is 2. The predicted octanol–water partition coefficient (Wildman–Crippen LogP) is 2.73. The third-order valence-corrected chi connectivity index (χ3v) is 2.58. The molecule has 18 heavy (non-hydrogen) atoms. The van der Waals surface area contributed by atoms with Crippen LogP contribution >= 0.6 is 0 Å². The van der Waals surface area contributed by atoms with Gasteiger partial charge in [0.2, 0.25) is 0 Å². The van der Waals surface area contributed by atoms with E-state index in [0.29, 0.717) is 23.8 Å². The lowest BCUT2D eigenvalue weighted by Crippen LogP contribution is -2.07. The highest BCUT2D eigenvalue weighted by Crippen LogP contribution is 2.21. The molecule has 0 saturated heterocycles. The summed E-state index contributed by atoms with van der Waals surface area (Å²) in [5, 5.41) is 2.89. The summed E-state index contributed by atoms with van der Waals surface area (Å²) in [7, 11) is 0. The number of aromatic nitrogens is 3. The van der Waals surface area contributed by atoms with E-state index >= 15 is 0 Å². The fourth-order valence-electron chi connectivity index (χ4n) is 1.67. The van der Waals surface area contributed by atoms with E-state index in [2.05, 4.69) is 20.3 Å². The molecule has 94 valence electrons. The molecule has 5 heteroatoms. The molecular weight excluding hydrogens is 231 g/mol. The first-order chi connectivity index (χ1) is 8.63. The number of hydrogen-bond acceptors (Lipinski definition) is 4. The van der Waals surface area contributed by atoms with Gasteiger partial charge in [-0.05, 0) is 32.4 Å². The highest BCUT2D eigenvalue weighted by Gasteiger charge is 2.13. The molecule has 0 amide bonds. The van der Waals surface area contributed by atoms with Gasteiger partial charge in [-0.15, -0.1) is 0 Å². The number of halogens is 1. The van der Waals surface area contributed by atoms with Gasteiger partial charge < -0.3 is 5.32 Å². The molecule has 4 nitrogen and oxygen atoms in total. The number of hydrogen-bond donors (Lipinski definition) is 1. The van der Waals surface area contributed by atoms with Crippen molar-refractivity contribution in [3.05, 3.63) is 35.4 Å². The molecule has 0 aliphatic heterocycles. The van der Waals surface area contributed by atoms with E-state index in [1.165, 1.54) is 0 Å². The summed E-state index contributed by atoms with van der Waals surface area (Å²) in [6.45, 7) is 6.05. The standard InChI is InChI=1S/C13H15FN4/c1-4-15-12-10(14)9(3)17-13(18-12)11-8(2)6-5-7-16-11/h5-7H,4H2,1-3H3,(H,15,17,18). The minimum Gasteiger partial charge on any atom is -0.368 e. The largest absolute Gasteiger partial charge is 0.368 e. The molecule has 0 radical (unpaired) electrons. The van der Waals surface area contributed by atoms with Gasteiger partial charge in [-0.25, -0.2) is 14.4 Å². The van der Waals surface area contributed by atoms with E-state index in [0.717, 1.165) is 5.56 Å². The van der Waals surface area contributed by atoms with Crippen molar-refractivity contribution in [3.63, 3.8) is 0 Å². The highest BCUT2D eigenvalue weighted by molar-refractivity contribution is 5.57. The van der Waals surface area contributed by atoms with Crippen molar-refractivity contribution in [2.24, 2.45) is 0 Å². The van der Waals surface area contributed by atoms with Crippen LogP contribution in [0.25, 0.3) is 11.5 Å². The Bertz CT molecular complexity index is 569. The lowest BCUT2D eigenvalue weighted by Gasteiger charge is -2.09. The molecular formula is C13H15FN4. The van der Waals surface area contributed by atoms with Gasteiger partial charge in [0.25, 0.3) is 0 Å². The molecule has 0 aromatic carbocycles. The van der Waals surface area contributed by atoms with Crippen molar-refractivity contribution >= 4 is 5.82 Å². The van der Waals surface area contributed by atoms with E-state index in [1.807, 2.05) is 26.0 Å². The van der Waals surface area contributed by atoms with Crippen LogP contribution in [0.2, 0.25) is 0 Å². The quantitative estimate of drug-likeness (QED) is 0.904. The molecule has 2 heterocycles. The van der Waals surface area contributed by atoms with E-state index in [4.69, 9.17) is 0 Å². The van der Waals surface area contributed by atoms with Crippen LogP contribution in [-0.4, -0.2) is 21.5 Å². The van der Waals surface area contributed by atoms with Crippen molar-refractivity contribution in [3.8, 4) is 11.5 Å². The molecule has 2 rings (SSSR count). The van der Waals surface area contributed by atoms with Gasteiger partial charge in [0.1, 0.15) is 5.69 Å². The Morgan fingerprint density at radius 1 is 1.28 bits per heavy atom. The zero-order chi connectivity index (χ0) is 13.1. The van der Waals surface area contributed by atoms with Gasteiger partial charge in [0.05, 0.1) is 5.69 Å². The Hall–Kier alpha value is -2.04. The highest BCUT2D eigenvalue weighted by atomic mass is 19.1. The number of anilines is 1. The summed E-state index contributed by atoms with van der Waals surface area (Å²) < 4.78 is 13.8. The number of nitrogens with one attached hydrogen (secondary N) is 1. The second-order valence-electron chi connectivity index (χ2n) is 3.99. The Balaban J connectivity index is 2.56. The number of pyridine rings is 1. The minimum atomic E-state index is -0.408. The van der Waals surface area contributed by atoms with Crippen molar-refractivity contribution in [2.45, 2.75) is 20.8 Å². The summed E-state index contributed by atoms with van der Waals surface area (Å²) in [5.41, 5.74) is 1.96. The number of rotatable bonds is 3. The normalized spacial score (nSPS) is 10.4. The summed E-state index contributed by atoms with van der Waals surface area (Å²) in [5.74, 6) is 0.266. The Labute approximate surface area is 105 Å². The topological polar surface area (TPSA) is 50.7 Å². The molecule has 0 spiro atoms. The second-order valence-corrected chi connectivity index (χ2v) is 3.99. The maximum absolute atomic E-state index is 13.8. The maximum atomic E-state index is 13.8. The van der Waals surface area contributed by atoms with Gasteiger partial charge >= 0.3 is 0 Å². The number of nitrogens with zero attached hydrogens (tertiary/aromatic N) is 3. The first kappa shape index (κ1) is 12.4. The van der Waals surface area contributed by atoms with Crippen molar-refractivity contribution in [2.75, 3.05) is 11.9 Å². The average molecular weight is 246 g/mol. The molecule has 0 bridgehead atoms. The molecule has 2 aromatic heterocycles. The summed E-state index contributed by atoms with van der Waals surface area (Å²) in [6.07, 6.45) is 1.68. The Morgan fingerprint density at radius 3 is 2.72 bits per heavy atom. The van der Waals surface area contributed by atoms with Crippen molar-refractivity contribution < 1.29 is 4.39 Å². The third-order valence-electron chi connectivity index (χ3n) is 2.58. The first-order valence-corrected chi connectivity index (χ1v) is 5.83. The summed E-state index contributed by atoms with van der Waals surface area (Å²) in [6, 6.07) is 3.78. The van der Waals surface area contributed by atoms with Crippen LogP contribution in [0.5, 0.6) is 0 Å². The Kier molecular flexibility index (Phi) is 3.50. The second kappa shape index (κ2) is 5.08. The molecule has 0 unspecified atom stereocenters. The van der Waals surface area contributed by atoms with E-state index in [-0.39, 0.29) is 5.82 Å². The minimum absolute atomic E-state index is 0.227. The molecule has 0 atom stereocenters. The van der Waals surface area contributed by atoms with Gasteiger partial charge in [-0.1, -0.05) is 6.07 Å². The third kappa shape index (κ3) is 2.30. The molecule has 0 aliphatic carbocycles. The maximum Gasteiger partial charge on any atom is 0.186 e. The fraction of sp³-hybridized carbons (Fsp3) is 0.308. The van der Waals surface area contributed by atoms with E-state index in [9.17, 15) is 4.39 Å². The van der Waals surface area contributed by atoms with E-state index < -0.39 is 5.82 Å². The van der Waals surface area contributed by atoms with Gasteiger partial charge in [-0.3, -0.25) is 4.98 Å². The molecule has 2 aromatic rings. The van der Waals surface area contributed by atoms with Crippen LogP contribution in [0.15, 0.2) is 18.3 Å². The van der Waals surface area contributed by atoms with Crippen LogP contribution in [0.4, 0.5) is 10.2 Å². The summed E-state index contributed by atoms with van der Waals surface area (Å²) in [4.78, 5) is 12.6. The zero-order valence-electron chi connectivity index (χ0n) is 10.7. The van der Waals surface area contributed by atoms with Gasteiger partial charge in [-0.2, -0.15) is 0 Å². The monoisotopic (exact) mass is 246 g/mol. The van der Waals surface area contributed by atoms with Crippen LogP contribution in [0.1, 0.15) is 18.2 Å². The van der Waals surface area contributed by atoms with Gasteiger partial charge in [0.15, 0.2) is 17.5 Å². The van der Waals surface area contributed by atoms with Crippen LogP contribution in [0, 0.1) is 19.7 Å². The molecule has 0 saturated carbocycles. The molecule has 0 fully saturated rings. The van der Waals surface area contributed by atoms with E-state index in [1.54, 1.807) is 13.1 Å². The van der Waals surface area contributed by atoms with Crippen LogP contribution in [-0.2, 0) is 0 Å².